The number of benzene rings is 3. The zero-order valence-electron chi connectivity index (χ0n) is 24.8. The molecule has 1 atom stereocenters. The van der Waals surface area contributed by atoms with Crippen molar-refractivity contribution in [3.05, 3.63) is 106 Å². The molecule has 0 aliphatic rings. The zero-order valence-corrected chi connectivity index (χ0v) is 24.8. The highest BCUT2D eigenvalue weighted by atomic mass is 16.6. The van der Waals surface area contributed by atoms with Crippen LogP contribution < -0.4 is 15.6 Å². The van der Waals surface area contributed by atoms with Crippen molar-refractivity contribution in [2.24, 2.45) is 5.92 Å². The highest BCUT2D eigenvalue weighted by Crippen LogP contribution is 2.31. The summed E-state index contributed by atoms with van der Waals surface area (Å²) in [4.78, 5) is 23.3. The van der Waals surface area contributed by atoms with Crippen molar-refractivity contribution in [2.75, 3.05) is 19.5 Å². The van der Waals surface area contributed by atoms with Gasteiger partial charge in [-0.25, -0.2) is 9.55 Å². The number of methoxy groups -OCH3 is 1. The smallest absolute Gasteiger partial charge is 0.417 e. The maximum absolute atomic E-state index is 14.1. The number of anilines is 1. The van der Waals surface area contributed by atoms with Crippen molar-refractivity contribution in [1.82, 2.24) is 19.7 Å². The summed E-state index contributed by atoms with van der Waals surface area (Å²) < 4.78 is 11.8. The number of aromatic nitrogens is 4. The van der Waals surface area contributed by atoms with Gasteiger partial charge in [0.2, 0.25) is 11.8 Å². The molecule has 0 fully saturated rings. The molecule has 0 saturated heterocycles. The molecule has 1 unspecified atom stereocenters. The quantitative estimate of drug-likeness (QED) is 0.197. The molecule has 0 bridgehead atoms. The topological polar surface area (TPSA) is 119 Å². The van der Waals surface area contributed by atoms with E-state index in [1.165, 1.54) is 7.11 Å². The number of ether oxygens (including phenoxy) is 1. The van der Waals surface area contributed by atoms with Crippen LogP contribution in [0.1, 0.15) is 42.7 Å². The average molecular weight is 575 g/mol. The Kier molecular flexibility index (Phi) is 8.96. The first-order valence-electron chi connectivity index (χ1n) is 14.3. The molecule has 218 valence electrons. The Morgan fingerprint density at radius 3 is 2.33 bits per heavy atom. The number of hydrogen-bond donors (Lipinski definition) is 1. The summed E-state index contributed by atoms with van der Waals surface area (Å²) in [7, 11) is 3.26. The molecule has 2 aromatic heterocycles. The first-order chi connectivity index (χ1) is 20.9. The van der Waals surface area contributed by atoms with Crippen LogP contribution in [0.5, 0.6) is 6.08 Å². The highest BCUT2D eigenvalue weighted by molar-refractivity contribution is 5.80. The predicted octanol–water partition coefficient (Wildman–Crippen LogP) is 6.25. The molecule has 2 heterocycles. The molecule has 0 spiro atoms. The van der Waals surface area contributed by atoms with E-state index in [1.807, 2.05) is 79.7 Å². The van der Waals surface area contributed by atoms with E-state index in [2.05, 4.69) is 28.5 Å². The first kappa shape index (κ1) is 29.3. The summed E-state index contributed by atoms with van der Waals surface area (Å²) in [5.41, 5.74) is 6.93. The summed E-state index contributed by atoms with van der Waals surface area (Å²) in [6.07, 6.45) is 2.79. The van der Waals surface area contributed by atoms with Crippen LogP contribution in [0, 0.1) is 17.2 Å². The van der Waals surface area contributed by atoms with Crippen molar-refractivity contribution < 1.29 is 9.26 Å². The summed E-state index contributed by atoms with van der Waals surface area (Å²) in [6.45, 7) is 3.99. The molecular formula is C34H34N6O3. The number of nitrogens with one attached hydrogen (secondary N) is 1. The lowest BCUT2D eigenvalue weighted by atomic mass is 9.96. The van der Waals surface area contributed by atoms with Crippen LogP contribution in [0.4, 0.5) is 5.95 Å². The molecule has 0 aliphatic heterocycles. The molecule has 3 aromatic carbocycles. The van der Waals surface area contributed by atoms with Gasteiger partial charge in [-0.2, -0.15) is 10.2 Å². The van der Waals surface area contributed by atoms with Crippen LogP contribution in [-0.4, -0.2) is 33.8 Å². The molecule has 5 rings (SSSR count). The molecule has 43 heavy (non-hydrogen) atoms. The van der Waals surface area contributed by atoms with Gasteiger partial charge >= 0.3 is 6.08 Å². The van der Waals surface area contributed by atoms with Gasteiger partial charge in [-0.15, -0.1) is 0 Å². The van der Waals surface area contributed by atoms with Crippen LogP contribution in [0.15, 0.2) is 82.1 Å². The zero-order chi connectivity index (χ0) is 30.3. The third-order valence-electron chi connectivity index (χ3n) is 7.33. The van der Waals surface area contributed by atoms with Gasteiger partial charge in [-0.3, -0.25) is 9.32 Å². The van der Waals surface area contributed by atoms with Gasteiger partial charge in [0.1, 0.15) is 0 Å². The lowest BCUT2D eigenvalue weighted by Crippen LogP contribution is -2.28. The lowest BCUT2D eigenvalue weighted by molar-refractivity contribution is 0.250. The Labute approximate surface area is 250 Å². The van der Waals surface area contributed by atoms with E-state index in [1.54, 1.807) is 11.6 Å². The first-order valence-corrected chi connectivity index (χ1v) is 14.3. The average Bonchev–Trinajstić information content (AvgIpc) is 3.53. The van der Waals surface area contributed by atoms with E-state index < -0.39 is 0 Å². The van der Waals surface area contributed by atoms with Crippen molar-refractivity contribution in [3.8, 4) is 40.3 Å². The summed E-state index contributed by atoms with van der Waals surface area (Å²) in [6, 6.07) is 26.1. The van der Waals surface area contributed by atoms with Crippen LogP contribution in [0.25, 0.3) is 28.2 Å². The lowest BCUT2D eigenvalue weighted by Gasteiger charge is -2.17. The molecular weight excluding hydrogens is 540 g/mol. The fraction of sp³-hybridized carbons (Fsp3) is 0.265. The molecule has 9 nitrogen and oxygen atoms in total. The molecule has 5 aromatic rings. The number of nitriles is 1. The van der Waals surface area contributed by atoms with E-state index in [9.17, 15) is 10.1 Å². The van der Waals surface area contributed by atoms with Crippen LogP contribution in [0.2, 0.25) is 0 Å². The number of nitrogens with zero attached hydrogens (tertiary/aromatic N) is 5. The van der Waals surface area contributed by atoms with Crippen molar-refractivity contribution in [2.45, 2.75) is 39.5 Å². The van der Waals surface area contributed by atoms with Gasteiger partial charge in [-0.1, -0.05) is 79.2 Å². The van der Waals surface area contributed by atoms with E-state index in [0.717, 1.165) is 45.6 Å². The molecule has 0 saturated carbocycles. The minimum Gasteiger partial charge on any atom is -0.452 e. The van der Waals surface area contributed by atoms with Gasteiger partial charge < -0.3 is 10.1 Å². The van der Waals surface area contributed by atoms with Crippen LogP contribution in [0.3, 0.4) is 0 Å². The van der Waals surface area contributed by atoms with Crippen molar-refractivity contribution >= 4 is 5.95 Å². The second-order valence-corrected chi connectivity index (χ2v) is 10.4. The van der Waals surface area contributed by atoms with Gasteiger partial charge in [0.05, 0.1) is 24.6 Å². The molecule has 9 heteroatoms. The molecule has 0 amide bonds. The molecule has 1 N–H and O–H groups in total. The Balaban J connectivity index is 1.49. The predicted molar refractivity (Wildman–Crippen MR) is 166 cm³/mol. The largest absolute Gasteiger partial charge is 0.452 e. The summed E-state index contributed by atoms with van der Waals surface area (Å²) >= 11 is 0. The van der Waals surface area contributed by atoms with E-state index >= 15 is 0 Å². The maximum Gasteiger partial charge on any atom is 0.417 e. The third-order valence-corrected chi connectivity index (χ3v) is 7.33. The standard InChI is InChI=1S/C34H34N6O3/c1-5-8-30-29(32(41)40(33(36-3)37-30)26-17-13-23(14-18-26)19-22(2)21-35)20-24-11-15-25(16-12-24)27-9-6-7-10-28(27)31-38-34(42-4)43-39-31/h6-7,9-18,22H,5,8,19-20H2,1-4H3,(H,36,37). The Hall–Kier alpha value is -5.23. The fourth-order valence-corrected chi connectivity index (χ4v) is 5.15. The van der Waals surface area contributed by atoms with Gasteiger partial charge in [0.15, 0.2) is 0 Å². The van der Waals surface area contributed by atoms with Gasteiger partial charge in [-0.05, 0) is 54.2 Å². The maximum atomic E-state index is 14.1. The second kappa shape index (κ2) is 13.2. The minimum absolute atomic E-state index is 0.0783. The molecule has 0 radical (unpaired) electrons. The Morgan fingerprint density at radius 2 is 1.70 bits per heavy atom. The van der Waals surface area contributed by atoms with E-state index in [4.69, 9.17) is 14.2 Å². The van der Waals surface area contributed by atoms with Crippen molar-refractivity contribution in [1.29, 1.82) is 5.26 Å². The second-order valence-electron chi connectivity index (χ2n) is 10.4. The fourth-order valence-electron chi connectivity index (χ4n) is 5.15. The number of aryl methyl sites for hydroxylation is 1. The highest BCUT2D eigenvalue weighted by Gasteiger charge is 2.19. The van der Waals surface area contributed by atoms with E-state index in [-0.39, 0.29) is 17.6 Å². The number of rotatable bonds is 11. The molecule has 0 aliphatic carbocycles. The van der Waals surface area contributed by atoms with Crippen LogP contribution >= 0.6 is 0 Å². The third kappa shape index (κ3) is 6.33. The van der Waals surface area contributed by atoms with E-state index in [0.29, 0.717) is 36.6 Å². The normalized spacial score (nSPS) is 11.6. The Morgan fingerprint density at radius 1 is 1.00 bits per heavy atom. The minimum atomic E-state index is -0.0959. The Bertz CT molecular complexity index is 1800. The van der Waals surface area contributed by atoms with Gasteiger partial charge in [0, 0.05) is 30.5 Å². The SMILES string of the molecule is CCCc1nc(NC)n(-c2ccc(CC(C)C#N)cc2)c(=O)c1Cc1ccc(-c2ccccc2-c2noc(OC)n2)cc1. The van der Waals surface area contributed by atoms with Gasteiger partial charge in [0.25, 0.3) is 5.56 Å². The summed E-state index contributed by atoms with van der Waals surface area (Å²) in [5, 5.41) is 16.3. The summed E-state index contributed by atoms with van der Waals surface area (Å²) in [5.74, 6) is 0.871. The van der Waals surface area contributed by atoms with Crippen LogP contribution in [-0.2, 0) is 19.3 Å². The number of hydrogen-bond acceptors (Lipinski definition) is 8. The van der Waals surface area contributed by atoms with Crippen molar-refractivity contribution in [3.63, 3.8) is 0 Å². The monoisotopic (exact) mass is 574 g/mol.